The molecule has 1 heterocycles. The van der Waals surface area contributed by atoms with Gasteiger partial charge in [-0.15, -0.1) is 0 Å². The number of methoxy groups -OCH3 is 1. The lowest BCUT2D eigenvalue weighted by Gasteiger charge is -2.28. The molecule has 7 nitrogen and oxygen atoms in total. The summed E-state index contributed by atoms with van der Waals surface area (Å²) in [6.07, 6.45) is 3.49. The van der Waals surface area contributed by atoms with Gasteiger partial charge in [-0.1, -0.05) is 78.9 Å². The van der Waals surface area contributed by atoms with Crippen LogP contribution in [0.15, 0.2) is 89.9 Å². The van der Waals surface area contributed by atoms with E-state index in [-0.39, 0.29) is 11.9 Å². The van der Waals surface area contributed by atoms with E-state index in [9.17, 15) is 10.1 Å². The highest BCUT2D eigenvalue weighted by Crippen LogP contribution is 2.25. The minimum absolute atomic E-state index is 0.0927. The number of carbonyl (C=O) groups excluding carboxylic acids is 1. The number of hydrogen-bond donors (Lipinski definition) is 2. The SMILES string of the molecule is COc1ccccc1CN=C(NC#N)N1CCC[C@H]1C(=O)NC(c1ccccc1)c1ccccc1. The summed E-state index contributed by atoms with van der Waals surface area (Å²) in [5.74, 6) is 1.04. The number of guanidine groups is 1. The number of para-hydroxylation sites is 1. The van der Waals surface area contributed by atoms with Crippen LogP contribution in [0.2, 0.25) is 0 Å². The van der Waals surface area contributed by atoms with Crippen LogP contribution in [0, 0.1) is 11.5 Å². The van der Waals surface area contributed by atoms with Crippen LogP contribution >= 0.6 is 0 Å². The molecule has 0 aromatic heterocycles. The third kappa shape index (κ3) is 5.79. The third-order valence-electron chi connectivity index (χ3n) is 6.14. The molecule has 0 saturated carbocycles. The molecule has 1 saturated heterocycles. The molecule has 0 bridgehead atoms. The lowest BCUT2D eigenvalue weighted by atomic mass is 9.98. The number of amides is 1. The first kappa shape index (κ1) is 23.8. The lowest BCUT2D eigenvalue weighted by molar-refractivity contribution is -0.124. The number of aliphatic imine (C=N–C) groups is 1. The summed E-state index contributed by atoms with van der Waals surface area (Å²) in [4.78, 5) is 20.1. The van der Waals surface area contributed by atoms with Gasteiger partial charge in [0.15, 0.2) is 6.19 Å². The number of benzene rings is 3. The molecule has 1 fully saturated rings. The predicted octanol–water partition coefficient (Wildman–Crippen LogP) is 3.99. The van der Waals surface area contributed by atoms with Gasteiger partial charge in [0.1, 0.15) is 11.8 Å². The van der Waals surface area contributed by atoms with Gasteiger partial charge in [-0.05, 0) is 30.0 Å². The number of nitrogens with zero attached hydrogens (tertiary/aromatic N) is 3. The highest BCUT2D eigenvalue weighted by molar-refractivity contribution is 5.90. The fourth-order valence-corrected chi connectivity index (χ4v) is 4.43. The van der Waals surface area contributed by atoms with Gasteiger partial charge in [0.05, 0.1) is 19.7 Å². The van der Waals surface area contributed by atoms with E-state index in [2.05, 4.69) is 15.6 Å². The van der Waals surface area contributed by atoms with Crippen molar-refractivity contribution in [1.29, 1.82) is 5.26 Å². The minimum atomic E-state index is -0.429. The second-order valence-corrected chi connectivity index (χ2v) is 8.30. The van der Waals surface area contributed by atoms with Gasteiger partial charge in [-0.2, -0.15) is 5.26 Å². The average Bonchev–Trinajstić information content (AvgIpc) is 3.41. The summed E-state index contributed by atoms with van der Waals surface area (Å²) >= 11 is 0. The van der Waals surface area contributed by atoms with Gasteiger partial charge in [0.2, 0.25) is 11.9 Å². The molecule has 7 heteroatoms. The molecular weight excluding hydrogens is 438 g/mol. The van der Waals surface area contributed by atoms with Gasteiger partial charge >= 0.3 is 0 Å². The Balaban J connectivity index is 1.56. The zero-order chi connectivity index (χ0) is 24.5. The Hall–Kier alpha value is -4.31. The fraction of sp³-hybridized carbons (Fsp3) is 0.250. The Bertz CT molecular complexity index is 1150. The van der Waals surface area contributed by atoms with Crippen LogP contribution < -0.4 is 15.4 Å². The molecule has 2 N–H and O–H groups in total. The van der Waals surface area contributed by atoms with Crippen molar-refractivity contribution in [1.82, 2.24) is 15.5 Å². The van der Waals surface area contributed by atoms with Gasteiger partial charge in [-0.3, -0.25) is 10.1 Å². The number of nitriles is 1. The summed E-state index contributed by atoms with van der Waals surface area (Å²) in [6.45, 7) is 0.967. The summed E-state index contributed by atoms with van der Waals surface area (Å²) in [7, 11) is 1.62. The third-order valence-corrected chi connectivity index (χ3v) is 6.14. The topological polar surface area (TPSA) is 89.8 Å². The van der Waals surface area contributed by atoms with Crippen molar-refractivity contribution in [3.63, 3.8) is 0 Å². The minimum Gasteiger partial charge on any atom is -0.496 e. The quantitative estimate of drug-likeness (QED) is 0.237. The van der Waals surface area contributed by atoms with E-state index >= 15 is 0 Å². The number of nitrogens with one attached hydrogen (secondary N) is 2. The van der Waals surface area contributed by atoms with Crippen molar-refractivity contribution in [3.05, 3.63) is 102 Å². The largest absolute Gasteiger partial charge is 0.496 e. The maximum atomic E-state index is 13.6. The molecule has 1 aliphatic heterocycles. The normalized spacial score (nSPS) is 15.5. The second kappa shape index (κ2) is 11.7. The van der Waals surface area contributed by atoms with Crippen LogP contribution in [0.5, 0.6) is 5.75 Å². The van der Waals surface area contributed by atoms with Crippen LogP contribution in [-0.4, -0.2) is 36.5 Å². The first-order chi connectivity index (χ1) is 17.2. The maximum absolute atomic E-state index is 13.6. The van der Waals surface area contributed by atoms with Crippen LogP contribution in [0.3, 0.4) is 0 Å². The van der Waals surface area contributed by atoms with E-state index in [1.165, 1.54) is 0 Å². The molecule has 1 atom stereocenters. The van der Waals surface area contributed by atoms with E-state index in [0.717, 1.165) is 28.9 Å². The first-order valence-electron chi connectivity index (χ1n) is 11.7. The zero-order valence-electron chi connectivity index (χ0n) is 19.7. The summed E-state index contributed by atoms with van der Waals surface area (Å²) in [5.41, 5.74) is 2.93. The van der Waals surface area contributed by atoms with Gasteiger partial charge in [0, 0.05) is 12.1 Å². The van der Waals surface area contributed by atoms with Crippen molar-refractivity contribution in [2.24, 2.45) is 4.99 Å². The van der Waals surface area contributed by atoms with E-state index in [4.69, 9.17) is 4.74 Å². The second-order valence-electron chi connectivity index (χ2n) is 8.30. The Morgan fingerprint density at radius 1 is 1.06 bits per heavy atom. The number of carbonyl (C=O) groups is 1. The van der Waals surface area contributed by atoms with Gasteiger partial charge in [0.25, 0.3) is 0 Å². The molecule has 0 unspecified atom stereocenters. The Labute approximate surface area is 206 Å². The Kier molecular flexibility index (Phi) is 7.97. The molecule has 3 aromatic carbocycles. The molecule has 4 rings (SSSR count). The number of rotatable bonds is 7. The van der Waals surface area contributed by atoms with Crippen molar-refractivity contribution in [2.75, 3.05) is 13.7 Å². The average molecular weight is 468 g/mol. The standard InChI is InChI=1S/C28H29N5O2/c1-35-25-17-9-8-15-23(25)19-30-28(31-20-29)33-18-10-16-24(33)27(34)32-26(21-11-4-2-5-12-21)22-13-6-3-7-14-22/h2-9,11-15,17,24,26H,10,16,18-19H2,1H3,(H,30,31)(H,32,34)/t24-/m0/s1. The van der Waals surface area contributed by atoms with Crippen molar-refractivity contribution in [3.8, 4) is 11.9 Å². The van der Waals surface area contributed by atoms with Gasteiger partial charge < -0.3 is 15.0 Å². The van der Waals surface area contributed by atoms with E-state index in [1.54, 1.807) is 7.11 Å². The van der Waals surface area contributed by atoms with E-state index in [0.29, 0.717) is 25.5 Å². The summed E-state index contributed by atoms with van der Waals surface area (Å²) in [6, 6.07) is 26.8. The first-order valence-corrected chi connectivity index (χ1v) is 11.7. The molecule has 0 radical (unpaired) electrons. The van der Waals surface area contributed by atoms with Crippen LogP contribution in [0.1, 0.15) is 35.6 Å². The molecule has 3 aromatic rings. The van der Waals surface area contributed by atoms with Crippen molar-refractivity contribution >= 4 is 11.9 Å². The fourth-order valence-electron chi connectivity index (χ4n) is 4.43. The Morgan fingerprint density at radius 3 is 2.31 bits per heavy atom. The molecule has 1 aliphatic rings. The number of likely N-dealkylation sites (tertiary alicyclic amines) is 1. The summed E-state index contributed by atoms with van der Waals surface area (Å²) < 4.78 is 5.42. The molecule has 0 spiro atoms. The number of ether oxygens (including phenoxy) is 1. The van der Waals surface area contributed by atoms with Crippen molar-refractivity contribution in [2.45, 2.75) is 31.5 Å². The number of hydrogen-bond acceptors (Lipinski definition) is 4. The van der Waals surface area contributed by atoms with Crippen LogP contribution in [0.25, 0.3) is 0 Å². The van der Waals surface area contributed by atoms with Crippen LogP contribution in [-0.2, 0) is 11.3 Å². The van der Waals surface area contributed by atoms with E-state index < -0.39 is 6.04 Å². The molecular formula is C28H29N5O2. The monoisotopic (exact) mass is 467 g/mol. The highest BCUT2D eigenvalue weighted by atomic mass is 16.5. The molecule has 178 valence electrons. The van der Waals surface area contributed by atoms with Crippen molar-refractivity contribution < 1.29 is 9.53 Å². The zero-order valence-corrected chi connectivity index (χ0v) is 19.7. The smallest absolute Gasteiger partial charge is 0.243 e. The van der Waals surface area contributed by atoms with Gasteiger partial charge in [-0.25, -0.2) is 4.99 Å². The molecule has 0 aliphatic carbocycles. The molecule has 35 heavy (non-hydrogen) atoms. The highest BCUT2D eigenvalue weighted by Gasteiger charge is 2.34. The lowest BCUT2D eigenvalue weighted by Crippen LogP contribution is -2.50. The maximum Gasteiger partial charge on any atom is 0.243 e. The molecule has 1 amide bonds. The van der Waals surface area contributed by atoms with E-state index in [1.807, 2.05) is 96.0 Å². The summed E-state index contributed by atoms with van der Waals surface area (Å²) in [5, 5.41) is 15.3. The van der Waals surface area contributed by atoms with Crippen LogP contribution in [0.4, 0.5) is 0 Å². The predicted molar refractivity (Wildman–Crippen MR) is 135 cm³/mol. The Morgan fingerprint density at radius 2 is 1.69 bits per heavy atom.